The van der Waals surface area contributed by atoms with Gasteiger partial charge in [0.05, 0.1) is 5.56 Å². The van der Waals surface area contributed by atoms with Crippen molar-refractivity contribution in [1.29, 1.82) is 0 Å². The Hall–Kier alpha value is -2.20. The van der Waals surface area contributed by atoms with Crippen LogP contribution in [-0.4, -0.2) is 23.0 Å². The monoisotopic (exact) mass is 290 g/mol. The highest BCUT2D eigenvalue weighted by Gasteiger charge is 2.15. The average Bonchev–Trinajstić information content (AvgIpc) is 2.38. The van der Waals surface area contributed by atoms with Crippen molar-refractivity contribution in [2.75, 3.05) is 12.8 Å². The Morgan fingerprint density at radius 3 is 2.70 bits per heavy atom. The molecule has 2 rings (SSSR count). The Labute approximate surface area is 122 Å². The van der Waals surface area contributed by atoms with Crippen molar-refractivity contribution in [2.45, 2.75) is 6.54 Å². The highest BCUT2D eigenvalue weighted by atomic mass is 35.5. The van der Waals surface area contributed by atoms with E-state index in [2.05, 4.69) is 0 Å². The maximum Gasteiger partial charge on any atom is 0.255 e. The van der Waals surface area contributed by atoms with Gasteiger partial charge in [-0.3, -0.25) is 4.79 Å². The maximum absolute atomic E-state index is 12.3. The average molecular weight is 291 g/mol. The molecule has 5 heteroatoms. The van der Waals surface area contributed by atoms with Crippen molar-refractivity contribution in [3.63, 3.8) is 0 Å². The molecule has 0 unspecified atom stereocenters. The van der Waals surface area contributed by atoms with Gasteiger partial charge in [0.15, 0.2) is 0 Å². The van der Waals surface area contributed by atoms with Crippen LogP contribution in [0.4, 0.5) is 5.69 Å². The fourth-order valence-corrected chi connectivity index (χ4v) is 2.12. The lowest BCUT2D eigenvalue weighted by atomic mass is 10.1. The summed E-state index contributed by atoms with van der Waals surface area (Å²) < 4.78 is 0. The van der Waals surface area contributed by atoms with Gasteiger partial charge in [0.1, 0.15) is 5.75 Å². The summed E-state index contributed by atoms with van der Waals surface area (Å²) in [5, 5.41) is 9.91. The summed E-state index contributed by atoms with van der Waals surface area (Å²) in [6, 6.07) is 11.6. The molecule has 0 saturated heterocycles. The molecule has 3 N–H and O–H groups in total. The SMILES string of the molecule is CN(Cc1cccc(O)c1)C(=O)c1ccc(Cl)cc1N. The van der Waals surface area contributed by atoms with Crippen LogP contribution in [0.1, 0.15) is 15.9 Å². The molecule has 0 spiro atoms. The van der Waals surface area contributed by atoms with Crippen LogP contribution < -0.4 is 5.73 Å². The number of anilines is 1. The quantitative estimate of drug-likeness (QED) is 0.854. The molecule has 2 aromatic rings. The molecule has 0 atom stereocenters. The van der Waals surface area contributed by atoms with Gasteiger partial charge in [0.25, 0.3) is 5.91 Å². The number of benzene rings is 2. The molecule has 2 aromatic carbocycles. The number of phenols is 1. The van der Waals surface area contributed by atoms with E-state index in [1.165, 1.54) is 4.90 Å². The van der Waals surface area contributed by atoms with E-state index in [0.29, 0.717) is 22.8 Å². The molecule has 0 aliphatic heterocycles. The zero-order valence-corrected chi connectivity index (χ0v) is 11.8. The number of rotatable bonds is 3. The summed E-state index contributed by atoms with van der Waals surface area (Å²) in [6.45, 7) is 0.384. The molecular formula is C15H15ClN2O2. The Morgan fingerprint density at radius 1 is 1.30 bits per heavy atom. The van der Waals surface area contributed by atoms with Gasteiger partial charge in [-0.25, -0.2) is 0 Å². The van der Waals surface area contributed by atoms with Crippen LogP contribution in [-0.2, 0) is 6.54 Å². The first-order chi connectivity index (χ1) is 9.47. The summed E-state index contributed by atoms with van der Waals surface area (Å²) in [6.07, 6.45) is 0. The number of amides is 1. The van der Waals surface area contributed by atoms with Crippen LogP contribution in [0.3, 0.4) is 0 Å². The number of nitrogens with zero attached hydrogens (tertiary/aromatic N) is 1. The predicted octanol–water partition coefficient (Wildman–Crippen LogP) is 2.90. The number of nitrogens with two attached hydrogens (primary N) is 1. The Bertz CT molecular complexity index is 644. The third kappa shape index (κ3) is 3.22. The number of phenolic OH excluding ortho intramolecular Hbond substituents is 1. The second-order valence-corrected chi connectivity index (χ2v) is 5.00. The summed E-state index contributed by atoms with van der Waals surface area (Å²) in [7, 11) is 1.68. The lowest BCUT2D eigenvalue weighted by molar-refractivity contribution is 0.0786. The van der Waals surface area contributed by atoms with Crippen molar-refractivity contribution in [1.82, 2.24) is 4.90 Å². The van der Waals surface area contributed by atoms with Gasteiger partial charge in [0.2, 0.25) is 0 Å². The molecule has 0 heterocycles. The van der Waals surface area contributed by atoms with Gasteiger partial charge >= 0.3 is 0 Å². The number of halogens is 1. The summed E-state index contributed by atoms with van der Waals surface area (Å²) in [4.78, 5) is 13.8. The maximum atomic E-state index is 12.3. The molecule has 4 nitrogen and oxygen atoms in total. The van der Waals surface area contributed by atoms with Crippen molar-refractivity contribution < 1.29 is 9.90 Å². The van der Waals surface area contributed by atoms with Crippen molar-refractivity contribution >= 4 is 23.2 Å². The van der Waals surface area contributed by atoms with Gasteiger partial charge in [0, 0.05) is 24.3 Å². The smallest absolute Gasteiger partial charge is 0.255 e. The normalized spacial score (nSPS) is 10.3. The van der Waals surface area contributed by atoms with E-state index in [1.54, 1.807) is 43.4 Å². The van der Waals surface area contributed by atoms with E-state index in [-0.39, 0.29) is 11.7 Å². The number of carbonyl (C=O) groups excluding carboxylic acids is 1. The van der Waals surface area contributed by atoms with Crippen LogP contribution in [0, 0.1) is 0 Å². The third-order valence-electron chi connectivity index (χ3n) is 2.92. The topological polar surface area (TPSA) is 66.6 Å². The second kappa shape index (κ2) is 5.84. The van der Waals surface area contributed by atoms with Gasteiger partial charge < -0.3 is 15.7 Å². The van der Waals surface area contributed by atoms with Crippen molar-refractivity contribution in [3.8, 4) is 5.75 Å². The number of nitrogen functional groups attached to an aromatic ring is 1. The van der Waals surface area contributed by atoms with Crippen molar-refractivity contribution in [2.24, 2.45) is 0 Å². The van der Waals surface area contributed by atoms with Gasteiger partial charge in [-0.15, -0.1) is 0 Å². The molecule has 0 aromatic heterocycles. The first-order valence-electron chi connectivity index (χ1n) is 6.06. The van der Waals surface area contributed by atoms with Gasteiger partial charge in [-0.2, -0.15) is 0 Å². The highest BCUT2D eigenvalue weighted by Crippen LogP contribution is 2.20. The van der Waals surface area contributed by atoms with E-state index >= 15 is 0 Å². The fourth-order valence-electron chi connectivity index (χ4n) is 1.93. The van der Waals surface area contributed by atoms with Crippen molar-refractivity contribution in [3.05, 3.63) is 58.6 Å². The van der Waals surface area contributed by atoms with E-state index in [9.17, 15) is 9.90 Å². The molecule has 20 heavy (non-hydrogen) atoms. The van der Waals surface area contributed by atoms with E-state index in [0.717, 1.165) is 5.56 Å². The van der Waals surface area contributed by atoms with E-state index < -0.39 is 0 Å². The molecule has 0 fully saturated rings. The highest BCUT2D eigenvalue weighted by molar-refractivity contribution is 6.31. The number of hydrogen-bond donors (Lipinski definition) is 2. The standard InChI is InChI=1S/C15H15ClN2O2/c1-18(9-10-3-2-4-12(19)7-10)15(20)13-6-5-11(16)8-14(13)17/h2-8,19H,9,17H2,1H3. The predicted molar refractivity (Wildman–Crippen MR) is 79.8 cm³/mol. The lowest BCUT2D eigenvalue weighted by Crippen LogP contribution is -2.26. The molecule has 0 saturated carbocycles. The van der Waals surface area contributed by atoms with Crippen LogP contribution >= 0.6 is 11.6 Å². The van der Waals surface area contributed by atoms with Gasteiger partial charge in [-0.05, 0) is 35.9 Å². The zero-order valence-electron chi connectivity index (χ0n) is 11.0. The molecule has 104 valence electrons. The summed E-state index contributed by atoms with van der Waals surface area (Å²) in [5.74, 6) is -0.0168. The first-order valence-corrected chi connectivity index (χ1v) is 6.43. The Morgan fingerprint density at radius 2 is 2.05 bits per heavy atom. The molecule has 0 aliphatic rings. The number of carbonyl (C=O) groups is 1. The minimum Gasteiger partial charge on any atom is -0.508 e. The minimum absolute atomic E-state index is 0.175. The minimum atomic E-state index is -0.192. The zero-order chi connectivity index (χ0) is 14.7. The number of aromatic hydroxyl groups is 1. The Balaban J connectivity index is 2.16. The lowest BCUT2D eigenvalue weighted by Gasteiger charge is -2.18. The molecule has 1 amide bonds. The molecule has 0 aliphatic carbocycles. The molecular weight excluding hydrogens is 276 g/mol. The van der Waals surface area contributed by atoms with Crippen LogP contribution in [0.25, 0.3) is 0 Å². The van der Waals surface area contributed by atoms with Crippen LogP contribution in [0.5, 0.6) is 5.75 Å². The second-order valence-electron chi connectivity index (χ2n) is 4.56. The third-order valence-corrected chi connectivity index (χ3v) is 3.16. The largest absolute Gasteiger partial charge is 0.508 e. The van der Waals surface area contributed by atoms with Crippen LogP contribution in [0.15, 0.2) is 42.5 Å². The Kier molecular flexibility index (Phi) is 4.15. The van der Waals surface area contributed by atoms with E-state index in [4.69, 9.17) is 17.3 Å². The summed E-state index contributed by atoms with van der Waals surface area (Å²) >= 11 is 5.82. The molecule has 0 bridgehead atoms. The number of hydrogen-bond acceptors (Lipinski definition) is 3. The van der Waals surface area contributed by atoms with E-state index in [1.807, 2.05) is 6.07 Å². The first kappa shape index (κ1) is 14.2. The van der Waals surface area contributed by atoms with Crippen LogP contribution in [0.2, 0.25) is 5.02 Å². The summed E-state index contributed by atoms with van der Waals surface area (Å²) in [5.41, 5.74) is 7.41. The fraction of sp³-hybridized carbons (Fsp3) is 0.133. The molecule has 0 radical (unpaired) electrons. The van der Waals surface area contributed by atoms with Gasteiger partial charge in [-0.1, -0.05) is 23.7 Å².